The van der Waals surface area contributed by atoms with Crippen LogP contribution in [-0.4, -0.2) is 13.9 Å². The van der Waals surface area contributed by atoms with Gasteiger partial charge in [-0.2, -0.15) is 13.2 Å². The predicted molar refractivity (Wildman–Crippen MR) is 60.0 cm³/mol. The molecule has 17 heavy (non-hydrogen) atoms. The van der Waals surface area contributed by atoms with Gasteiger partial charge in [0.25, 0.3) is 0 Å². The first kappa shape index (κ1) is 15.8. The zero-order valence-corrected chi connectivity index (χ0v) is 10.4. The Hall–Kier alpha value is -1.23. The van der Waals surface area contributed by atoms with E-state index in [0.717, 1.165) is 12.1 Å². The van der Waals surface area contributed by atoms with Gasteiger partial charge in [0, 0.05) is 7.11 Å². The molecule has 0 bridgehead atoms. The average Bonchev–Trinajstić information content (AvgIpc) is 2.29. The highest BCUT2D eigenvalue weighted by Gasteiger charge is 2.30. The van der Waals surface area contributed by atoms with Crippen molar-refractivity contribution in [3.8, 4) is 5.75 Å². The fraction of sp³-hybridized carbons (Fsp3) is 0.500. The Kier molecular flexibility index (Phi) is 6.65. The molecule has 1 rings (SSSR count). The Morgan fingerprint density at radius 2 is 1.76 bits per heavy atom. The number of hydrogen-bond donors (Lipinski definition) is 0. The molecule has 0 unspecified atom stereocenters. The maximum absolute atomic E-state index is 12.3. The van der Waals surface area contributed by atoms with Gasteiger partial charge in [-0.05, 0) is 24.6 Å². The van der Waals surface area contributed by atoms with Crippen LogP contribution < -0.4 is 4.74 Å². The SMILES string of the molecule is CC.COCOc1cc(C(F)(F)F)ccc1C. The first-order valence-corrected chi connectivity index (χ1v) is 5.24. The van der Waals surface area contributed by atoms with E-state index in [1.165, 1.54) is 13.2 Å². The van der Waals surface area contributed by atoms with E-state index in [1.54, 1.807) is 6.92 Å². The molecule has 1 aromatic rings. The summed E-state index contributed by atoms with van der Waals surface area (Å²) in [4.78, 5) is 0. The van der Waals surface area contributed by atoms with Crippen molar-refractivity contribution in [2.75, 3.05) is 13.9 Å². The fourth-order valence-electron chi connectivity index (χ4n) is 1.05. The summed E-state index contributed by atoms with van der Waals surface area (Å²) in [7, 11) is 1.41. The molecule has 0 fully saturated rings. The van der Waals surface area contributed by atoms with Gasteiger partial charge in [-0.25, -0.2) is 0 Å². The van der Waals surface area contributed by atoms with Gasteiger partial charge < -0.3 is 9.47 Å². The van der Waals surface area contributed by atoms with E-state index >= 15 is 0 Å². The average molecular weight is 250 g/mol. The van der Waals surface area contributed by atoms with E-state index in [0.29, 0.717) is 5.56 Å². The third-order valence-electron chi connectivity index (χ3n) is 1.85. The monoisotopic (exact) mass is 250 g/mol. The van der Waals surface area contributed by atoms with Gasteiger partial charge in [0.1, 0.15) is 5.75 Å². The maximum Gasteiger partial charge on any atom is 0.416 e. The number of alkyl halides is 3. The number of hydrogen-bond acceptors (Lipinski definition) is 2. The summed E-state index contributed by atoms with van der Waals surface area (Å²) in [5.41, 5.74) is -0.0840. The Labute approximate surface area is 99.4 Å². The van der Waals surface area contributed by atoms with Crippen LogP contribution in [-0.2, 0) is 10.9 Å². The molecule has 0 saturated carbocycles. The van der Waals surface area contributed by atoms with Gasteiger partial charge in [0.2, 0.25) is 0 Å². The zero-order chi connectivity index (χ0) is 13.5. The van der Waals surface area contributed by atoms with E-state index in [1.807, 2.05) is 13.8 Å². The van der Waals surface area contributed by atoms with Gasteiger partial charge in [-0.3, -0.25) is 0 Å². The minimum Gasteiger partial charge on any atom is -0.467 e. The Morgan fingerprint density at radius 1 is 1.18 bits per heavy atom. The lowest BCUT2D eigenvalue weighted by atomic mass is 10.1. The van der Waals surface area contributed by atoms with Crippen LogP contribution in [0.5, 0.6) is 5.75 Å². The van der Waals surface area contributed by atoms with Crippen molar-refractivity contribution in [3.63, 3.8) is 0 Å². The van der Waals surface area contributed by atoms with Crippen LogP contribution in [0.25, 0.3) is 0 Å². The van der Waals surface area contributed by atoms with Crippen molar-refractivity contribution in [2.24, 2.45) is 0 Å². The van der Waals surface area contributed by atoms with Crippen molar-refractivity contribution in [1.82, 2.24) is 0 Å². The Balaban J connectivity index is 0.00000121. The van der Waals surface area contributed by atoms with Gasteiger partial charge in [0.15, 0.2) is 6.79 Å². The van der Waals surface area contributed by atoms with Gasteiger partial charge in [0.05, 0.1) is 5.56 Å². The molecular weight excluding hydrogens is 233 g/mol. The number of halogens is 3. The van der Waals surface area contributed by atoms with Crippen LogP contribution in [0.2, 0.25) is 0 Å². The summed E-state index contributed by atoms with van der Waals surface area (Å²) in [6.45, 7) is 5.60. The molecule has 2 nitrogen and oxygen atoms in total. The van der Waals surface area contributed by atoms with Crippen LogP contribution in [0.1, 0.15) is 25.0 Å². The van der Waals surface area contributed by atoms with E-state index in [9.17, 15) is 13.2 Å². The third-order valence-corrected chi connectivity index (χ3v) is 1.85. The minimum absolute atomic E-state index is 0.0673. The largest absolute Gasteiger partial charge is 0.467 e. The molecule has 5 heteroatoms. The van der Waals surface area contributed by atoms with Crippen LogP contribution >= 0.6 is 0 Å². The van der Waals surface area contributed by atoms with E-state index in [2.05, 4.69) is 4.74 Å². The first-order valence-electron chi connectivity index (χ1n) is 5.24. The number of ether oxygens (including phenoxy) is 2. The molecule has 0 radical (unpaired) electrons. The van der Waals surface area contributed by atoms with E-state index < -0.39 is 11.7 Å². The number of aryl methyl sites for hydroxylation is 1. The molecule has 0 saturated heterocycles. The Bertz CT molecular complexity index is 335. The highest BCUT2D eigenvalue weighted by molar-refractivity contribution is 5.37. The topological polar surface area (TPSA) is 18.5 Å². The highest BCUT2D eigenvalue weighted by atomic mass is 19.4. The third kappa shape index (κ3) is 5.08. The lowest BCUT2D eigenvalue weighted by Crippen LogP contribution is -2.07. The highest BCUT2D eigenvalue weighted by Crippen LogP contribution is 2.32. The smallest absolute Gasteiger partial charge is 0.416 e. The lowest BCUT2D eigenvalue weighted by Gasteiger charge is -2.11. The molecule has 0 aliphatic heterocycles. The first-order chi connectivity index (χ1) is 7.95. The van der Waals surface area contributed by atoms with Crippen LogP contribution in [0.3, 0.4) is 0 Å². The molecule has 98 valence electrons. The molecule has 0 aliphatic rings. The predicted octanol–water partition coefficient (Wildman–Crippen LogP) is 4.02. The molecular formula is C12H17F3O2. The minimum atomic E-state index is -4.35. The van der Waals surface area contributed by atoms with E-state index in [4.69, 9.17) is 4.74 Å². The molecule has 0 N–H and O–H groups in total. The van der Waals surface area contributed by atoms with Crippen molar-refractivity contribution in [3.05, 3.63) is 29.3 Å². The molecule has 0 atom stereocenters. The van der Waals surface area contributed by atoms with E-state index in [-0.39, 0.29) is 12.5 Å². The second-order valence-electron chi connectivity index (χ2n) is 3.03. The van der Waals surface area contributed by atoms with Crippen LogP contribution in [0.15, 0.2) is 18.2 Å². The molecule has 0 heterocycles. The summed E-state index contributed by atoms with van der Waals surface area (Å²) >= 11 is 0. The Morgan fingerprint density at radius 3 is 2.24 bits per heavy atom. The summed E-state index contributed by atoms with van der Waals surface area (Å²) in [6.07, 6.45) is -4.35. The molecule has 1 aromatic carbocycles. The maximum atomic E-state index is 12.3. The molecule has 0 aliphatic carbocycles. The summed E-state index contributed by atoms with van der Waals surface area (Å²) < 4.78 is 46.6. The van der Waals surface area contributed by atoms with Crippen molar-refractivity contribution in [2.45, 2.75) is 26.9 Å². The van der Waals surface area contributed by atoms with Crippen LogP contribution in [0.4, 0.5) is 13.2 Å². The fourth-order valence-corrected chi connectivity index (χ4v) is 1.05. The number of methoxy groups -OCH3 is 1. The van der Waals surface area contributed by atoms with Crippen molar-refractivity contribution < 1.29 is 22.6 Å². The molecule has 0 aromatic heterocycles. The second-order valence-corrected chi connectivity index (χ2v) is 3.03. The standard InChI is InChI=1S/C10H11F3O2.C2H6/c1-7-3-4-8(10(11,12)13)5-9(7)15-6-14-2;1-2/h3-5H,6H2,1-2H3;1-2H3. The summed E-state index contributed by atoms with van der Waals surface area (Å²) in [5.74, 6) is 0.187. The van der Waals surface area contributed by atoms with Crippen molar-refractivity contribution in [1.29, 1.82) is 0 Å². The summed E-state index contributed by atoms with van der Waals surface area (Å²) in [6, 6.07) is 3.36. The van der Waals surface area contributed by atoms with Crippen LogP contribution in [0, 0.1) is 6.92 Å². The normalized spacial score (nSPS) is 10.5. The quantitative estimate of drug-likeness (QED) is 0.754. The number of rotatable bonds is 3. The van der Waals surface area contributed by atoms with Gasteiger partial charge >= 0.3 is 6.18 Å². The molecule has 0 spiro atoms. The van der Waals surface area contributed by atoms with Gasteiger partial charge in [-0.15, -0.1) is 0 Å². The molecule has 0 amide bonds. The number of benzene rings is 1. The second kappa shape index (κ2) is 7.17. The van der Waals surface area contributed by atoms with Gasteiger partial charge in [-0.1, -0.05) is 19.9 Å². The summed E-state index contributed by atoms with van der Waals surface area (Å²) in [5, 5.41) is 0. The van der Waals surface area contributed by atoms with Crippen molar-refractivity contribution >= 4 is 0 Å². The lowest BCUT2D eigenvalue weighted by molar-refractivity contribution is -0.137. The zero-order valence-electron chi connectivity index (χ0n) is 10.4.